The van der Waals surface area contributed by atoms with E-state index in [0.717, 1.165) is 18.4 Å². The van der Waals surface area contributed by atoms with Crippen molar-refractivity contribution in [2.45, 2.75) is 50.1 Å². The third-order valence-corrected chi connectivity index (χ3v) is 4.70. The molecule has 2 N–H and O–H groups in total. The van der Waals surface area contributed by atoms with Gasteiger partial charge in [0.2, 0.25) is 0 Å². The van der Waals surface area contributed by atoms with Crippen LogP contribution >= 0.6 is 0 Å². The lowest BCUT2D eigenvalue weighted by Crippen LogP contribution is -2.59. The van der Waals surface area contributed by atoms with E-state index in [1.54, 1.807) is 6.07 Å². The molecule has 106 valence electrons. The molecule has 0 heterocycles. The van der Waals surface area contributed by atoms with Crippen LogP contribution in [0.3, 0.4) is 0 Å². The standard InChI is InChI=1S/C16H25FN2/c1-19(2)16(10-6-3-7-11-16)15(18)12-13-8-4-5-9-14(13)17/h4-5,8-9,15H,3,6-7,10-12,18H2,1-2H3. The fraction of sp³-hybridized carbons (Fsp3) is 0.625. The summed E-state index contributed by atoms with van der Waals surface area (Å²) in [6.45, 7) is 0. The van der Waals surface area contributed by atoms with Gasteiger partial charge in [-0.2, -0.15) is 0 Å². The molecule has 1 aliphatic rings. The molecule has 2 nitrogen and oxygen atoms in total. The maximum Gasteiger partial charge on any atom is 0.126 e. The van der Waals surface area contributed by atoms with Crippen molar-refractivity contribution in [2.24, 2.45) is 5.73 Å². The van der Waals surface area contributed by atoms with Crippen LogP contribution in [0.2, 0.25) is 0 Å². The minimum absolute atomic E-state index is 0.0142. The fourth-order valence-electron chi connectivity index (χ4n) is 3.40. The summed E-state index contributed by atoms with van der Waals surface area (Å²) in [7, 11) is 4.21. The van der Waals surface area contributed by atoms with Crippen molar-refractivity contribution in [2.75, 3.05) is 14.1 Å². The van der Waals surface area contributed by atoms with E-state index in [-0.39, 0.29) is 17.4 Å². The van der Waals surface area contributed by atoms with Gasteiger partial charge in [0.1, 0.15) is 5.82 Å². The van der Waals surface area contributed by atoms with Gasteiger partial charge in [0.05, 0.1) is 0 Å². The van der Waals surface area contributed by atoms with Crippen LogP contribution in [0.5, 0.6) is 0 Å². The number of hydrogen-bond donors (Lipinski definition) is 1. The highest BCUT2D eigenvalue weighted by Crippen LogP contribution is 2.35. The smallest absolute Gasteiger partial charge is 0.126 e. The first-order valence-corrected chi connectivity index (χ1v) is 7.23. The van der Waals surface area contributed by atoms with Crippen molar-refractivity contribution in [3.8, 4) is 0 Å². The van der Waals surface area contributed by atoms with Crippen LogP contribution in [0, 0.1) is 5.82 Å². The molecular weight excluding hydrogens is 239 g/mol. The summed E-state index contributed by atoms with van der Waals surface area (Å²) >= 11 is 0. The first kappa shape index (κ1) is 14.5. The second-order valence-corrected chi connectivity index (χ2v) is 5.96. The number of likely N-dealkylation sites (N-methyl/N-ethyl adjacent to an activating group) is 1. The van der Waals surface area contributed by atoms with Gasteiger partial charge in [-0.25, -0.2) is 4.39 Å². The van der Waals surface area contributed by atoms with Gasteiger partial charge in [-0.15, -0.1) is 0 Å². The van der Waals surface area contributed by atoms with Crippen LogP contribution in [-0.2, 0) is 6.42 Å². The van der Waals surface area contributed by atoms with Crippen molar-refractivity contribution in [3.63, 3.8) is 0 Å². The van der Waals surface area contributed by atoms with Crippen molar-refractivity contribution in [3.05, 3.63) is 35.6 Å². The Bertz CT molecular complexity index is 411. The summed E-state index contributed by atoms with van der Waals surface area (Å²) in [6.07, 6.45) is 6.60. The number of benzene rings is 1. The Hall–Kier alpha value is -0.930. The average molecular weight is 264 g/mol. The summed E-state index contributed by atoms with van der Waals surface area (Å²) in [5, 5.41) is 0. The summed E-state index contributed by atoms with van der Waals surface area (Å²) in [4.78, 5) is 2.26. The Labute approximate surface area is 115 Å². The van der Waals surface area contributed by atoms with Crippen LogP contribution in [0.1, 0.15) is 37.7 Å². The van der Waals surface area contributed by atoms with E-state index < -0.39 is 0 Å². The minimum Gasteiger partial charge on any atom is -0.326 e. The summed E-state index contributed by atoms with van der Waals surface area (Å²) in [5.41, 5.74) is 7.24. The lowest BCUT2D eigenvalue weighted by Gasteiger charge is -2.47. The molecule has 1 aromatic rings. The molecule has 3 heteroatoms. The van der Waals surface area contributed by atoms with E-state index in [4.69, 9.17) is 5.73 Å². The highest BCUT2D eigenvalue weighted by atomic mass is 19.1. The van der Waals surface area contributed by atoms with Gasteiger partial charge in [0.25, 0.3) is 0 Å². The van der Waals surface area contributed by atoms with Crippen molar-refractivity contribution < 1.29 is 4.39 Å². The zero-order valence-electron chi connectivity index (χ0n) is 12.0. The molecule has 1 atom stereocenters. The Morgan fingerprint density at radius 2 is 1.84 bits per heavy atom. The number of nitrogens with two attached hydrogens (primary N) is 1. The Morgan fingerprint density at radius 3 is 2.42 bits per heavy atom. The van der Waals surface area contributed by atoms with Crippen LogP contribution in [0.15, 0.2) is 24.3 Å². The van der Waals surface area contributed by atoms with E-state index >= 15 is 0 Å². The minimum atomic E-state index is -0.136. The molecule has 1 saturated carbocycles. The molecule has 1 unspecified atom stereocenters. The fourth-order valence-corrected chi connectivity index (χ4v) is 3.40. The molecule has 1 fully saturated rings. The molecule has 1 aliphatic carbocycles. The molecule has 0 aliphatic heterocycles. The maximum absolute atomic E-state index is 13.8. The van der Waals surface area contributed by atoms with Gasteiger partial charge in [-0.3, -0.25) is 0 Å². The molecule has 0 spiro atoms. The monoisotopic (exact) mass is 264 g/mol. The van der Waals surface area contributed by atoms with Crippen molar-refractivity contribution >= 4 is 0 Å². The van der Waals surface area contributed by atoms with E-state index in [0.29, 0.717) is 6.42 Å². The van der Waals surface area contributed by atoms with Gasteiger partial charge in [0, 0.05) is 11.6 Å². The molecule has 0 aromatic heterocycles. The first-order valence-electron chi connectivity index (χ1n) is 7.23. The maximum atomic E-state index is 13.8. The third-order valence-electron chi connectivity index (χ3n) is 4.70. The molecule has 0 saturated heterocycles. The molecule has 2 rings (SSSR count). The number of nitrogens with zero attached hydrogens (tertiary/aromatic N) is 1. The zero-order chi connectivity index (χ0) is 13.9. The van der Waals surface area contributed by atoms with E-state index in [2.05, 4.69) is 19.0 Å². The van der Waals surface area contributed by atoms with Crippen LogP contribution < -0.4 is 5.73 Å². The van der Waals surface area contributed by atoms with Crippen molar-refractivity contribution in [1.82, 2.24) is 4.90 Å². The van der Waals surface area contributed by atoms with E-state index in [1.165, 1.54) is 25.3 Å². The molecular formula is C16H25FN2. The first-order chi connectivity index (χ1) is 9.06. The van der Waals surface area contributed by atoms with Crippen LogP contribution in [0.25, 0.3) is 0 Å². The third kappa shape index (κ3) is 2.98. The summed E-state index contributed by atoms with van der Waals surface area (Å²) < 4.78 is 13.8. The summed E-state index contributed by atoms with van der Waals surface area (Å²) in [5.74, 6) is -0.136. The van der Waals surface area contributed by atoms with Crippen LogP contribution in [0.4, 0.5) is 4.39 Å². The number of halogens is 1. The molecule has 1 aromatic carbocycles. The van der Waals surface area contributed by atoms with Gasteiger partial charge >= 0.3 is 0 Å². The number of rotatable bonds is 4. The second kappa shape index (κ2) is 6.02. The highest BCUT2D eigenvalue weighted by molar-refractivity contribution is 5.20. The Balaban J connectivity index is 2.16. The van der Waals surface area contributed by atoms with Gasteiger partial charge in [0.15, 0.2) is 0 Å². The highest BCUT2D eigenvalue weighted by Gasteiger charge is 2.39. The van der Waals surface area contributed by atoms with E-state index in [1.807, 2.05) is 12.1 Å². The van der Waals surface area contributed by atoms with Gasteiger partial charge in [-0.1, -0.05) is 37.5 Å². The number of hydrogen-bond acceptors (Lipinski definition) is 2. The quantitative estimate of drug-likeness (QED) is 0.906. The summed E-state index contributed by atoms with van der Waals surface area (Å²) in [6, 6.07) is 6.97. The SMILES string of the molecule is CN(C)C1(C(N)Cc2ccccc2F)CCCCC1. The zero-order valence-corrected chi connectivity index (χ0v) is 12.0. The van der Waals surface area contributed by atoms with Crippen LogP contribution in [-0.4, -0.2) is 30.6 Å². The molecule has 0 bridgehead atoms. The molecule has 19 heavy (non-hydrogen) atoms. The van der Waals surface area contributed by atoms with Gasteiger partial charge < -0.3 is 10.6 Å². The normalized spacial score (nSPS) is 20.5. The Kier molecular flexibility index (Phi) is 4.58. The van der Waals surface area contributed by atoms with E-state index in [9.17, 15) is 4.39 Å². The average Bonchev–Trinajstić information content (AvgIpc) is 2.42. The Morgan fingerprint density at radius 1 is 1.21 bits per heavy atom. The lowest BCUT2D eigenvalue weighted by molar-refractivity contribution is 0.0713. The van der Waals surface area contributed by atoms with Crippen molar-refractivity contribution in [1.29, 1.82) is 0 Å². The lowest BCUT2D eigenvalue weighted by atomic mass is 9.74. The largest absolute Gasteiger partial charge is 0.326 e. The molecule has 0 amide bonds. The predicted octanol–water partition coefficient (Wildman–Crippen LogP) is 2.96. The predicted molar refractivity (Wildman–Crippen MR) is 77.6 cm³/mol. The second-order valence-electron chi connectivity index (χ2n) is 5.96. The van der Waals surface area contributed by atoms with Gasteiger partial charge in [-0.05, 0) is 45.0 Å². The molecule has 0 radical (unpaired) electrons. The topological polar surface area (TPSA) is 29.3 Å².